The average molecular weight is 333 g/mol. The van der Waals surface area contributed by atoms with Crippen LogP contribution >= 0.6 is 0 Å². The van der Waals surface area contributed by atoms with Gasteiger partial charge in [0.05, 0.1) is 12.5 Å². The van der Waals surface area contributed by atoms with Gasteiger partial charge in [-0.25, -0.2) is 4.98 Å². The van der Waals surface area contributed by atoms with E-state index in [0.29, 0.717) is 24.3 Å². The van der Waals surface area contributed by atoms with Gasteiger partial charge in [-0.2, -0.15) is 4.98 Å². The standard InChI is InChI=1S/C17H27N5O2/c1-4-24-15-11-13(2)18-17(19-15)22-9-7-21(8-10-22)16(23)14-5-6-20(3)12-14/h11,14H,4-10,12H2,1-3H3/t14-/m1/s1. The molecule has 24 heavy (non-hydrogen) atoms. The minimum atomic E-state index is 0.168. The zero-order valence-electron chi connectivity index (χ0n) is 14.9. The van der Waals surface area contributed by atoms with Crippen LogP contribution in [0.25, 0.3) is 0 Å². The molecule has 0 N–H and O–H groups in total. The first-order valence-electron chi connectivity index (χ1n) is 8.77. The lowest BCUT2D eigenvalue weighted by atomic mass is 10.1. The number of piperazine rings is 1. The predicted molar refractivity (Wildman–Crippen MR) is 92.3 cm³/mol. The topological polar surface area (TPSA) is 61.8 Å². The molecular formula is C17H27N5O2. The zero-order valence-corrected chi connectivity index (χ0v) is 14.9. The number of aryl methyl sites for hydroxylation is 1. The molecule has 1 aromatic rings. The van der Waals surface area contributed by atoms with Gasteiger partial charge in [0.15, 0.2) is 0 Å². The molecule has 2 fully saturated rings. The van der Waals surface area contributed by atoms with E-state index in [1.165, 1.54) is 0 Å². The molecule has 7 heteroatoms. The number of amides is 1. The van der Waals surface area contributed by atoms with E-state index in [-0.39, 0.29) is 5.92 Å². The van der Waals surface area contributed by atoms with Crippen molar-refractivity contribution in [2.45, 2.75) is 20.3 Å². The molecule has 3 rings (SSSR count). The van der Waals surface area contributed by atoms with Crippen LogP contribution in [0.2, 0.25) is 0 Å². The Hall–Kier alpha value is -1.89. The van der Waals surface area contributed by atoms with Crippen LogP contribution in [0.15, 0.2) is 6.07 Å². The fourth-order valence-corrected chi connectivity index (χ4v) is 3.41. The number of hydrogen-bond donors (Lipinski definition) is 0. The first-order chi connectivity index (χ1) is 11.6. The van der Waals surface area contributed by atoms with Crippen molar-refractivity contribution in [3.05, 3.63) is 11.8 Å². The third kappa shape index (κ3) is 3.77. The molecule has 1 atom stereocenters. The summed E-state index contributed by atoms with van der Waals surface area (Å²) in [6, 6.07) is 1.85. The smallest absolute Gasteiger partial charge is 0.228 e. The Morgan fingerprint density at radius 2 is 2.00 bits per heavy atom. The highest BCUT2D eigenvalue weighted by molar-refractivity contribution is 5.79. The Kier molecular flexibility index (Phi) is 5.18. The summed E-state index contributed by atoms with van der Waals surface area (Å²) in [6.45, 7) is 9.40. The van der Waals surface area contributed by atoms with Gasteiger partial charge in [0, 0.05) is 44.5 Å². The second kappa shape index (κ2) is 7.34. The first kappa shape index (κ1) is 17.0. The lowest BCUT2D eigenvalue weighted by Gasteiger charge is -2.36. The summed E-state index contributed by atoms with van der Waals surface area (Å²) < 4.78 is 5.51. The fraction of sp³-hybridized carbons (Fsp3) is 0.706. The predicted octanol–water partition coefficient (Wildman–Crippen LogP) is 0.784. The molecule has 0 unspecified atom stereocenters. The zero-order chi connectivity index (χ0) is 17.1. The number of ether oxygens (including phenoxy) is 1. The van der Waals surface area contributed by atoms with Crippen LogP contribution in [0.5, 0.6) is 5.88 Å². The second-order valence-electron chi connectivity index (χ2n) is 6.64. The maximum absolute atomic E-state index is 12.6. The Labute approximate surface area is 143 Å². The van der Waals surface area contributed by atoms with Gasteiger partial charge >= 0.3 is 0 Å². The van der Waals surface area contributed by atoms with E-state index < -0.39 is 0 Å². The summed E-state index contributed by atoms with van der Waals surface area (Å²) in [5, 5.41) is 0. The molecule has 1 amide bonds. The van der Waals surface area contributed by atoms with E-state index in [2.05, 4.69) is 26.8 Å². The summed E-state index contributed by atoms with van der Waals surface area (Å²) in [5.41, 5.74) is 0.899. The van der Waals surface area contributed by atoms with Crippen molar-refractivity contribution >= 4 is 11.9 Å². The Bertz CT molecular complexity index is 586. The number of aromatic nitrogens is 2. The quantitative estimate of drug-likeness (QED) is 0.812. The second-order valence-corrected chi connectivity index (χ2v) is 6.64. The molecule has 2 saturated heterocycles. The molecule has 7 nitrogen and oxygen atoms in total. The highest BCUT2D eigenvalue weighted by atomic mass is 16.5. The molecule has 0 aliphatic carbocycles. The lowest BCUT2D eigenvalue weighted by molar-refractivity contribution is -0.135. The van der Waals surface area contributed by atoms with E-state index in [1.807, 2.05) is 24.8 Å². The Balaban J connectivity index is 1.60. The number of hydrogen-bond acceptors (Lipinski definition) is 6. The molecule has 0 radical (unpaired) electrons. The molecular weight excluding hydrogens is 306 g/mol. The van der Waals surface area contributed by atoms with Gasteiger partial charge in [0.1, 0.15) is 0 Å². The van der Waals surface area contributed by atoms with Gasteiger partial charge in [-0.1, -0.05) is 0 Å². The van der Waals surface area contributed by atoms with Crippen LogP contribution < -0.4 is 9.64 Å². The fourth-order valence-electron chi connectivity index (χ4n) is 3.41. The molecule has 0 saturated carbocycles. The summed E-state index contributed by atoms with van der Waals surface area (Å²) in [4.78, 5) is 28.0. The number of likely N-dealkylation sites (tertiary alicyclic amines) is 1. The summed E-state index contributed by atoms with van der Waals surface area (Å²) in [6.07, 6.45) is 0.980. The first-order valence-corrected chi connectivity index (χ1v) is 8.77. The van der Waals surface area contributed by atoms with E-state index in [1.54, 1.807) is 0 Å². The van der Waals surface area contributed by atoms with Gasteiger partial charge in [-0.05, 0) is 33.9 Å². The van der Waals surface area contributed by atoms with Gasteiger partial charge in [-0.15, -0.1) is 0 Å². The van der Waals surface area contributed by atoms with Gasteiger partial charge in [0.2, 0.25) is 17.7 Å². The summed E-state index contributed by atoms with van der Waals surface area (Å²) >= 11 is 0. The molecule has 132 valence electrons. The van der Waals surface area contributed by atoms with Gasteiger partial charge in [-0.3, -0.25) is 4.79 Å². The molecule has 3 heterocycles. The van der Waals surface area contributed by atoms with Crippen LogP contribution in [0, 0.1) is 12.8 Å². The van der Waals surface area contributed by atoms with E-state index >= 15 is 0 Å². The van der Waals surface area contributed by atoms with E-state index in [4.69, 9.17) is 4.74 Å². The van der Waals surface area contributed by atoms with Crippen molar-refractivity contribution in [2.24, 2.45) is 5.92 Å². The third-order valence-electron chi connectivity index (χ3n) is 4.73. The molecule has 2 aliphatic rings. The minimum absolute atomic E-state index is 0.168. The lowest BCUT2D eigenvalue weighted by Crippen LogP contribution is -2.51. The maximum atomic E-state index is 12.6. The molecule has 0 spiro atoms. The molecule has 0 aromatic carbocycles. The van der Waals surface area contributed by atoms with Crippen LogP contribution in [-0.4, -0.2) is 78.6 Å². The van der Waals surface area contributed by atoms with Gasteiger partial charge < -0.3 is 19.4 Å². The van der Waals surface area contributed by atoms with E-state index in [9.17, 15) is 4.79 Å². The molecule has 2 aliphatic heterocycles. The number of anilines is 1. The SMILES string of the molecule is CCOc1cc(C)nc(N2CCN(C(=O)[C@@H]3CCN(C)C3)CC2)n1. The van der Waals surface area contributed by atoms with Crippen molar-refractivity contribution in [1.82, 2.24) is 19.8 Å². The maximum Gasteiger partial charge on any atom is 0.228 e. The van der Waals surface area contributed by atoms with E-state index in [0.717, 1.165) is 51.4 Å². The molecule has 0 bridgehead atoms. The number of carbonyl (C=O) groups is 1. The van der Waals surface area contributed by atoms with Gasteiger partial charge in [0.25, 0.3) is 0 Å². The van der Waals surface area contributed by atoms with Crippen LogP contribution in [0.3, 0.4) is 0 Å². The van der Waals surface area contributed by atoms with Crippen molar-refractivity contribution in [3.8, 4) is 5.88 Å². The van der Waals surface area contributed by atoms with Crippen LogP contribution in [0.4, 0.5) is 5.95 Å². The van der Waals surface area contributed by atoms with Crippen LogP contribution in [0.1, 0.15) is 19.0 Å². The number of nitrogens with zero attached hydrogens (tertiary/aromatic N) is 5. The third-order valence-corrected chi connectivity index (χ3v) is 4.73. The summed E-state index contributed by atoms with van der Waals surface area (Å²) in [5.74, 6) is 1.79. The number of rotatable bonds is 4. The largest absolute Gasteiger partial charge is 0.478 e. The highest BCUT2D eigenvalue weighted by Gasteiger charge is 2.31. The van der Waals surface area contributed by atoms with Crippen molar-refractivity contribution in [1.29, 1.82) is 0 Å². The minimum Gasteiger partial charge on any atom is -0.478 e. The van der Waals surface area contributed by atoms with Crippen molar-refractivity contribution in [2.75, 3.05) is 57.8 Å². The number of carbonyl (C=O) groups excluding carboxylic acids is 1. The Morgan fingerprint density at radius 1 is 1.25 bits per heavy atom. The Morgan fingerprint density at radius 3 is 2.62 bits per heavy atom. The monoisotopic (exact) mass is 333 g/mol. The molecule has 1 aromatic heterocycles. The van der Waals surface area contributed by atoms with Crippen LogP contribution in [-0.2, 0) is 4.79 Å². The van der Waals surface area contributed by atoms with Crippen molar-refractivity contribution < 1.29 is 9.53 Å². The normalized spacial score (nSPS) is 22.0. The van der Waals surface area contributed by atoms with Crippen molar-refractivity contribution in [3.63, 3.8) is 0 Å². The average Bonchev–Trinajstić information content (AvgIpc) is 3.00. The highest BCUT2D eigenvalue weighted by Crippen LogP contribution is 2.20. The summed E-state index contributed by atoms with van der Waals surface area (Å²) in [7, 11) is 2.08.